The molecule has 0 radical (unpaired) electrons. The summed E-state index contributed by atoms with van der Waals surface area (Å²) in [5.41, 5.74) is 6.58. The molecule has 4 saturated heterocycles. The van der Waals surface area contributed by atoms with E-state index in [0.717, 1.165) is 38.8 Å². The van der Waals surface area contributed by atoms with Crippen molar-refractivity contribution in [1.29, 1.82) is 0 Å². The maximum absolute atomic E-state index is 3.57. The first-order valence-electron chi connectivity index (χ1n) is 7.55. The van der Waals surface area contributed by atoms with Crippen LogP contribution < -0.4 is 37.4 Å². The van der Waals surface area contributed by atoms with Gasteiger partial charge in [-0.2, -0.15) is 0 Å². The number of nitrogens with one attached hydrogen (secondary N) is 7. The fraction of sp³-hybridized carbons (Fsp3) is 1.00. The monoisotopic (exact) mass is 267 g/mol. The third kappa shape index (κ3) is 3.63. The Balaban J connectivity index is 1.03. The zero-order valence-corrected chi connectivity index (χ0v) is 11.2. The van der Waals surface area contributed by atoms with Gasteiger partial charge in [0.1, 0.15) is 0 Å². The molecule has 0 spiro atoms. The van der Waals surface area contributed by atoms with Gasteiger partial charge >= 0.3 is 0 Å². The lowest BCUT2D eigenvalue weighted by molar-refractivity contribution is 0.526. The summed E-state index contributed by atoms with van der Waals surface area (Å²) in [6, 6.07) is 4.07. The standard InChI is InChI=1S/C12H25N7/c1(7-2-14-7)13-5-9-11(18-9)12-10(19-12)6-17-16-4-8-3-15-8/h7-19H,1-6H2. The van der Waals surface area contributed by atoms with Gasteiger partial charge < -0.3 is 26.6 Å². The van der Waals surface area contributed by atoms with Gasteiger partial charge in [0.2, 0.25) is 0 Å². The van der Waals surface area contributed by atoms with Crippen LogP contribution in [0.3, 0.4) is 0 Å². The number of hydrogen-bond donors (Lipinski definition) is 7. The smallest absolute Gasteiger partial charge is 0.0407 e. The number of hydrazine groups is 1. The molecular weight excluding hydrogens is 242 g/mol. The van der Waals surface area contributed by atoms with Gasteiger partial charge in [-0.25, -0.2) is 0 Å². The fourth-order valence-corrected chi connectivity index (χ4v) is 2.71. The average molecular weight is 267 g/mol. The Morgan fingerprint density at radius 3 is 2.00 bits per heavy atom. The van der Waals surface area contributed by atoms with Gasteiger partial charge in [-0.15, -0.1) is 0 Å². The molecule has 19 heavy (non-hydrogen) atoms. The van der Waals surface area contributed by atoms with Gasteiger partial charge in [-0.1, -0.05) is 0 Å². The normalized spacial score (nSPS) is 46.1. The second-order valence-electron chi connectivity index (χ2n) is 6.23. The van der Waals surface area contributed by atoms with E-state index in [9.17, 15) is 0 Å². The fourth-order valence-electron chi connectivity index (χ4n) is 2.71. The van der Waals surface area contributed by atoms with Gasteiger partial charge in [0, 0.05) is 75.5 Å². The van der Waals surface area contributed by atoms with Crippen LogP contribution in [0.25, 0.3) is 0 Å². The summed E-state index contributed by atoms with van der Waals surface area (Å²) in [5.74, 6) is 0. The van der Waals surface area contributed by atoms with E-state index in [-0.39, 0.29) is 0 Å². The van der Waals surface area contributed by atoms with Crippen LogP contribution in [-0.2, 0) is 0 Å². The molecule has 4 aliphatic heterocycles. The third-order valence-electron chi connectivity index (χ3n) is 4.38. The molecule has 7 nitrogen and oxygen atoms in total. The van der Waals surface area contributed by atoms with Gasteiger partial charge in [0.05, 0.1) is 0 Å². The van der Waals surface area contributed by atoms with Crippen LogP contribution in [0.4, 0.5) is 0 Å². The second-order valence-corrected chi connectivity index (χ2v) is 6.23. The molecule has 0 saturated carbocycles. The van der Waals surface area contributed by atoms with Gasteiger partial charge in [-0.3, -0.25) is 10.9 Å². The lowest BCUT2D eigenvalue weighted by Crippen LogP contribution is -2.38. The Hall–Kier alpha value is -0.280. The lowest BCUT2D eigenvalue weighted by Gasteiger charge is -2.04. The van der Waals surface area contributed by atoms with Gasteiger partial charge in [-0.05, 0) is 0 Å². The second kappa shape index (κ2) is 5.25. The molecule has 6 unspecified atom stereocenters. The summed E-state index contributed by atoms with van der Waals surface area (Å²) in [7, 11) is 0. The van der Waals surface area contributed by atoms with E-state index in [1.54, 1.807) is 0 Å². The van der Waals surface area contributed by atoms with E-state index in [0.29, 0.717) is 30.2 Å². The van der Waals surface area contributed by atoms with Crippen molar-refractivity contribution in [1.82, 2.24) is 37.4 Å². The SMILES string of the molecule is C(NCC1NC1C1NC1CNNCC1CN1)C1CN1. The Labute approximate surface area is 114 Å². The van der Waals surface area contributed by atoms with Crippen molar-refractivity contribution in [3.63, 3.8) is 0 Å². The quantitative estimate of drug-likeness (QED) is 0.123. The Morgan fingerprint density at radius 1 is 0.737 bits per heavy atom. The van der Waals surface area contributed by atoms with E-state index in [4.69, 9.17) is 0 Å². The Kier molecular flexibility index (Phi) is 3.44. The van der Waals surface area contributed by atoms with E-state index in [1.807, 2.05) is 0 Å². The van der Waals surface area contributed by atoms with E-state index in [1.165, 1.54) is 6.54 Å². The third-order valence-corrected chi connectivity index (χ3v) is 4.38. The van der Waals surface area contributed by atoms with Gasteiger partial charge in [0.25, 0.3) is 0 Å². The van der Waals surface area contributed by atoms with Crippen molar-refractivity contribution >= 4 is 0 Å². The topological polar surface area (TPSA) is 124 Å². The summed E-state index contributed by atoms with van der Waals surface area (Å²) in [5, 5.41) is 17.2. The summed E-state index contributed by atoms with van der Waals surface area (Å²) in [4.78, 5) is 0. The van der Waals surface area contributed by atoms with Crippen molar-refractivity contribution in [2.45, 2.75) is 36.3 Å². The highest BCUT2D eigenvalue weighted by atomic mass is 15.4. The minimum atomic E-state index is 0.632. The molecule has 4 fully saturated rings. The molecule has 4 aliphatic rings. The molecule has 7 N–H and O–H groups in total. The van der Waals surface area contributed by atoms with Crippen LogP contribution >= 0.6 is 0 Å². The van der Waals surface area contributed by atoms with Crippen molar-refractivity contribution in [2.75, 3.05) is 39.3 Å². The predicted molar refractivity (Wildman–Crippen MR) is 73.9 cm³/mol. The predicted octanol–water partition coefficient (Wildman–Crippen LogP) is -3.71. The maximum atomic E-state index is 3.57. The summed E-state index contributed by atoms with van der Waals surface area (Å²) in [6.45, 7) is 6.62. The van der Waals surface area contributed by atoms with Crippen LogP contribution in [0.2, 0.25) is 0 Å². The molecule has 0 aliphatic carbocycles. The van der Waals surface area contributed by atoms with Gasteiger partial charge in [0.15, 0.2) is 0 Å². The molecule has 6 atom stereocenters. The largest absolute Gasteiger partial charge is 0.314 e. The molecule has 0 aromatic heterocycles. The zero-order valence-electron chi connectivity index (χ0n) is 11.2. The summed E-state index contributed by atoms with van der Waals surface area (Å²) >= 11 is 0. The van der Waals surface area contributed by atoms with E-state index >= 15 is 0 Å². The highest BCUT2D eigenvalue weighted by Crippen LogP contribution is 2.25. The lowest BCUT2D eigenvalue weighted by atomic mass is 10.2. The molecule has 0 aromatic rings. The maximum Gasteiger partial charge on any atom is 0.0407 e. The summed E-state index contributed by atoms with van der Waals surface area (Å²) in [6.07, 6.45) is 0. The highest BCUT2D eigenvalue weighted by Gasteiger charge is 2.52. The molecule has 4 rings (SSSR count). The minimum Gasteiger partial charge on any atom is -0.314 e. The number of hydrogen-bond acceptors (Lipinski definition) is 7. The average Bonchev–Trinajstić information content (AvgIpc) is 3.21. The molecule has 108 valence electrons. The zero-order chi connectivity index (χ0) is 12.7. The molecular formula is C12H25N7. The van der Waals surface area contributed by atoms with E-state index < -0.39 is 0 Å². The first-order chi connectivity index (χ1) is 9.40. The van der Waals surface area contributed by atoms with Crippen molar-refractivity contribution < 1.29 is 0 Å². The molecule has 0 bridgehead atoms. The van der Waals surface area contributed by atoms with Crippen LogP contribution in [0.1, 0.15) is 0 Å². The Bertz CT molecular complexity index is 317. The van der Waals surface area contributed by atoms with Crippen molar-refractivity contribution in [3.8, 4) is 0 Å². The van der Waals surface area contributed by atoms with E-state index in [2.05, 4.69) is 37.4 Å². The van der Waals surface area contributed by atoms with Crippen molar-refractivity contribution in [3.05, 3.63) is 0 Å². The van der Waals surface area contributed by atoms with Crippen LogP contribution in [0.15, 0.2) is 0 Å². The highest BCUT2D eigenvalue weighted by molar-refractivity contribution is 5.18. The molecule has 4 heterocycles. The van der Waals surface area contributed by atoms with Crippen LogP contribution in [0.5, 0.6) is 0 Å². The van der Waals surface area contributed by atoms with Crippen molar-refractivity contribution in [2.24, 2.45) is 0 Å². The molecule has 0 aromatic carbocycles. The number of rotatable bonds is 10. The first-order valence-corrected chi connectivity index (χ1v) is 7.55. The van der Waals surface area contributed by atoms with Crippen LogP contribution in [0, 0.1) is 0 Å². The molecule has 0 amide bonds. The summed E-state index contributed by atoms with van der Waals surface area (Å²) < 4.78 is 0. The molecule has 7 heteroatoms. The first kappa shape index (κ1) is 12.5. The Morgan fingerprint density at radius 2 is 1.32 bits per heavy atom. The minimum absolute atomic E-state index is 0.632. The van der Waals surface area contributed by atoms with Crippen LogP contribution in [-0.4, -0.2) is 75.5 Å².